The molecule has 0 bridgehead atoms. The molecule has 0 aliphatic carbocycles. The van der Waals surface area contributed by atoms with Gasteiger partial charge >= 0.3 is 0 Å². The molecule has 0 aliphatic rings. The molecule has 0 atom stereocenters. The predicted molar refractivity (Wildman–Crippen MR) is 69.6 cm³/mol. The topological polar surface area (TPSA) is 29.5 Å². The maximum Gasteiger partial charge on any atom is 0.138 e. The van der Waals surface area contributed by atoms with Crippen LogP contribution in [-0.2, 0) is 6.61 Å². The van der Waals surface area contributed by atoms with Gasteiger partial charge in [-0.1, -0.05) is 32.9 Å². The lowest BCUT2D eigenvalue weighted by atomic mass is 9.93. The minimum Gasteiger partial charge on any atom is -0.492 e. The van der Waals surface area contributed by atoms with Crippen LogP contribution >= 0.6 is 15.9 Å². The number of hydrogen-bond donors (Lipinski definition) is 1. The Morgan fingerprint density at radius 2 is 2.00 bits per heavy atom. The third-order valence-electron chi connectivity index (χ3n) is 2.32. The maximum atomic E-state index is 9.20. The second-order valence-corrected chi connectivity index (χ2v) is 5.90. The fourth-order valence-electron chi connectivity index (χ4n) is 1.30. The standard InChI is InChI=1S/C13H19BrO2/c1-13(2,3)7-8-16-12-10(9-15)5-4-6-11(12)14/h4-6,15H,7-9H2,1-3H3. The number of rotatable bonds is 4. The van der Waals surface area contributed by atoms with Crippen molar-refractivity contribution in [2.45, 2.75) is 33.8 Å². The molecule has 0 amide bonds. The Hall–Kier alpha value is -0.540. The molecule has 0 saturated heterocycles. The molecular weight excluding hydrogens is 268 g/mol. The summed E-state index contributed by atoms with van der Waals surface area (Å²) in [6, 6.07) is 5.69. The molecule has 3 heteroatoms. The number of aliphatic hydroxyl groups excluding tert-OH is 1. The number of benzene rings is 1. The van der Waals surface area contributed by atoms with Crippen LogP contribution < -0.4 is 4.74 Å². The Bertz CT molecular complexity index is 342. The summed E-state index contributed by atoms with van der Waals surface area (Å²) in [5.74, 6) is 0.759. The van der Waals surface area contributed by atoms with E-state index in [0.29, 0.717) is 6.61 Å². The third kappa shape index (κ3) is 4.14. The zero-order valence-corrected chi connectivity index (χ0v) is 11.7. The molecule has 90 valence electrons. The van der Waals surface area contributed by atoms with Crippen molar-refractivity contribution >= 4 is 15.9 Å². The summed E-state index contributed by atoms with van der Waals surface area (Å²) in [7, 11) is 0. The quantitative estimate of drug-likeness (QED) is 0.913. The largest absolute Gasteiger partial charge is 0.492 e. The van der Waals surface area contributed by atoms with Crippen LogP contribution in [0.2, 0.25) is 0 Å². The zero-order chi connectivity index (χ0) is 12.2. The first-order valence-electron chi connectivity index (χ1n) is 5.45. The first-order chi connectivity index (χ1) is 7.44. The Morgan fingerprint density at radius 3 is 2.56 bits per heavy atom. The van der Waals surface area contributed by atoms with Crippen molar-refractivity contribution in [3.8, 4) is 5.75 Å². The highest BCUT2D eigenvalue weighted by Crippen LogP contribution is 2.30. The fourth-order valence-corrected chi connectivity index (χ4v) is 1.82. The van der Waals surface area contributed by atoms with E-state index >= 15 is 0 Å². The summed E-state index contributed by atoms with van der Waals surface area (Å²) < 4.78 is 6.62. The van der Waals surface area contributed by atoms with E-state index in [2.05, 4.69) is 36.7 Å². The van der Waals surface area contributed by atoms with Gasteiger partial charge < -0.3 is 9.84 Å². The van der Waals surface area contributed by atoms with Crippen LogP contribution in [0.15, 0.2) is 22.7 Å². The van der Waals surface area contributed by atoms with Gasteiger partial charge in [0.25, 0.3) is 0 Å². The molecule has 1 rings (SSSR count). The average molecular weight is 287 g/mol. The van der Waals surface area contributed by atoms with Gasteiger partial charge in [0, 0.05) is 5.56 Å². The molecule has 0 heterocycles. The highest BCUT2D eigenvalue weighted by molar-refractivity contribution is 9.10. The van der Waals surface area contributed by atoms with E-state index in [1.54, 1.807) is 0 Å². The molecule has 16 heavy (non-hydrogen) atoms. The Balaban J connectivity index is 2.66. The van der Waals surface area contributed by atoms with Gasteiger partial charge in [0.2, 0.25) is 0 Å². The minimum atomic E-state index is 0.00426. The van der Waals surface area contributed by atoms with Crippen molar-refractivity contribution in [1.29, 1.82) is 0 Å². The summed E-state index contributed by atoms with van der Waals surface area (Å²) in [6.07, 6.45) is 0.985. The monoisotopic (exact) mass is 286 g/mol. The van der Waals surface area contributed by atoms with Crippen molar-refractivity contribution in [2.75, 3.05) is 6.61 Å². The lowest BCUT2D eigenvalue weighted by molar-refractivity contribution is 0.229. The van der Waals surface area contributed by atoms with Gasteiger partial charge in [-0.2, -0.15) is 0 Å². The van der Waals surface area contributed by atoms with Crippen LogP contribution in [0, 0.1) is 5.41 Å². The predicted octanol–water partition coefficient (Wildman–Crippen LogP) is 3.76. The Labute approximate surface area is 106 Å². The van der Waals surface area contributed by atoms with E-state index in [1.165, 1.54) is 0 Å². The van der Waals surface area contributed by atoms with Gasteiger partial charge in [0.15, 0.2) is 0 Å². The Morgan fingerprint density at radius 1 is 1.31 bits per heavy atom. The number of aliphatic hydroxyl groups is 1. The van der Waals surface area contributed by atoms with Crippen LogP contribution in [-0.4, -0.2) is 11.7 Å². The summed E-state index contributed by atoms with van der Waals surface area (Å²) in [5, 5.41) is 9.20. The smallest absolute Gasteiger partial charge is 0.138 e. The molecule has 0 aliphatic heterocycles. The molecule has 0 fully saturated rings. The lowest BCUT2D eigenvalue weighted by Gasteiger charge is -2.19. The van der Waals surface area contributed by atoms with Gasteiger partial charge in [0.05, 0.1) is 17.7 Å². The molecule has 1 N–H and O–H groups in total. The first-order valence-corrected chi connectivity index (χ1v) is 6.24. The number of hydrogen-bond acceptors (Lipinski definition) is 2. The van der Waals surface area contributed by atoms with E-state index in [9.17, 15) is 5.11 Å². The van der Waals surface area contributed by atoms with Crippen molar-refractivity contribution in [2.24, 2.45) is 5.41 Å². The third-order valence-corrected chi connectivity index (χ3v) is 2.94. The van der Waals surface area contributed by atoms with Gasteiger partial charge in [-0.05, 0) is 33.8 Å². The number of halogens is 1. The molecule has 1 aromatic rings. The van der Waals surface area contributed by atoms with Crippen molar-refractivity contribution in [3.05, 3.63) is 28.2 Å². The SMILES string of the molecule is CC(C)(C)CCOc1c(Br)cccc1CO. The van der Waals surface area contributed by atoms with Crippen molar-refractivity contribution < 1.29 is 9.84 Å². The van der Waals surface area contributed by atoms with E-state index in [0.717, 1.165) is 22.2 Å². The van der Waals surface area contributed by atoms with Gasteiger partial charge in [-0.25, -0.2) is 0 Å². The van der Waals surface area contributed by atoms with Crippen LogP contribution in [0.3, 0.4) is 0 Å². The lowest BCUT2D eigenvalue weighted by Crippen LogP contribution is -2.12. The van der Waals surface area contributed by atoms with Gasteiger partial charge in [0.1, 0.15) is 5.75 Å². The van der Waals surface area contributed by atoms with Gasteiger partial charge in [-0.3, -0.25) is 0 Å². The average Bonchev–Trinajstić information content (AvgIpc) is 2.18. The second kappa shape index (κ2) is 5.69. The minimum absolute atomic E-state index is 0.00426. The van der Waals surface area contributed by atoms with Gasteiger partial charge in [-0.15, -0.1) is 0 Å². The van der Waals surface area contributed by atoms with E-state index < -0.39 is 0 Å². The van der Waals surface area contributed by atoms with E-state index in [4.69, 9.17) is 4.74 Å². The summed E-state index contributed by atoms with van der Waals surface area (Å²) in [4.78, 5) is 0. The molecule has 0 aromatic heterocycles. The number of ether oxygens (including phenoxy) is 1. The molecule has 0 unspecified atom stereocenters. The number of para-hydroxylation sites is 1. The normalized spacial score (nSPS) is 11.6. The zero-order valence-electron chi connectivity index (χ0n) is 10.1. The highest BCUT2D eigenvalue weighted by atomic mass is 79.9. The second-order valence-electron chi connectivity index (χ2n) is 5.05. The van der Waals surface area contributed by atoms with Crippen LogP contribution in [0.4, 0.5) is 0 Å². The van der Waals surface area contributed by atoms with Crippen LogP contribution in [0.25, 0.3) is 0 Å². The molecular formula is C13H19BrO2. The maximum absolute atomic E-state index is 9.20. The van der Waals surface area contributed by atoms with Crippen LogP contribution in [0.5, 0.6) is 5.75 Å². The van der Waals surface area contributed by atoms with Crippen molar-refractivity contribution in [1.82, 2.24) is 0 Å². The molecule has 2 nitrogen and oxygen atoms in total. The first kappa shape index (κ1) is 13.5. The summed E-state index contributed by atoms with van der Waals surface area (Å²) >= 11 is 3.43. The highest BCUT2D eigenvalue weighted by Gasteiger charge is 2.12. The molecule has 0 saturated carbocycles. The van der Waals surface area contributed by atoms with E-state index in [-0.39, 0.29) is 12.0 Å². The summed E-state index contributed by atoms with van der Waals surface area (Å²) in [6.45, 7) is 7.22. The molecule has 0 spiro atoms. The molecule has 1 aromatic carbocycles. The fraction of sp³-hybridized carbons (Fsp3) is 0.538. The van der Waals surface area contributed by atoms with Crippen molar-refractivity contribution in [3.63, 3.8) is 0 Å². The summed E-state index contributed by atoms with van der Waals surface area (Å²) in [5.41, 5.74) is 1.09. The molecule has 0 radical (unpaired) electrons. The van der Waals surface area contributed by atoms with E-state index in [1.807, 2.05) is 18.2 Å². The van der Waals surface area contributed by atoms with Crippen LogP contribution in [0.1, 0.15) is 32.8 Å². The Kier molecular flexibility index (Phi) is 4.81.